The molecule has 3 nitrogen and oxygen atoms in total. The maximum absolute atomic E-state index is 6.85. The van der Waals surface area contributed by atoms with Crippen LogP contribution in [0.4, 0.5) is 17.1 Å². The van der Waals surface area contributed by atoms with Crippen LogP contribution in [0.15, 0.2) is 221 Å². The lowest BCUT2D eigenvalue weighted by Crippen LogP contribution is -2.11. The van der Waals surface area contributed by atoms with Crippen LogP contribution in [0, 0.1) is 0 Å². The molecule has 0 aliphatic heterocycles. The Labute approximate surface area is 330 Å². The molecule has 9 aromatic carbocycles. The third-order valence-corrected chi connectivity index (χ3v) is 11.1. The largest absolute Gasteiger partial charge is 0.456 e. The highest BCUT2D eigenvalue weighted by atomic mass is 16.3. The van der Waals surface area contributed by atoms with Gasteiger partial charge in [0.05, 0.1) is 5.69 Å². The van der Waals surface area contributed by atoms with Gasteiger partial charge in [0.25, 0.3) is 0 Å². The van der Waals surface area contributed by atoms with E-state index in [1.807, 2.05) is 18.2 Å². The molecule has 2 aromatic heterocycles. The van der Waals surface area contributed by atoms with E-state index >= 15 is 0 Å². The highest BCUT2D eigenvalue weighted by molar-refractivity contribution is 6.23. The van der Waals surface area contributed by atoms with Crippen LogP contribution in [0.1, 0.15) is 0 Å². The van der Waals surface area contributed by atoms with Gasteiger partial charge in [-0.15, -0.1) is 0 Å². The van der Waals surface area contributed by atoms with Crippen LogP contribution in [-0.2, 0) is 0 Å². The van der Waals surface area contributed by atoms with Crippen LogP contribution in [0.2, 0.25) is 0 Å². The van der Waals surface area contributed by atoms with Crippen molar-refractivity contribution in [3.63, 3.8) is 0 Å². The summed E-state index contributed by atoms with van der Waals surface area (Å²) in [7, 11) is 0. The number of fused-ring (bicyclic) bond motifs is 6. The number of rotatable bonds is 7. The third-order valence-electron chi connectivity index (χ3n) is 11.1. The molecule has 0 N–H and O–H groups in total. The first kappa shape index (κ1) is 32.8. The maximum atomic E-state index is 6.85. The Balaban J connectivity index is 1.02. The molecule has 0 atom stereocenters. The molecule has 0 aliphatic carbocycles. The summed E-state index contributed by atoms with van der Waals surface area (Å²) in [4.78, 5) is 2.36. The van der Waals surface area contributed by atoms with Crippen LogP contribution in [0.3, 0.4) is 0 Å². The van der Waals surface area contributed by atoms with Gasteiger partial charge >= 0.3 is 0 Å². The van der Waals surface area contributed by atoms with Crippen molar-refractivity contribution in [3.05, 3.63) is 212 Å². The van der Waals surface area contributed by atoms with Crippen molar-refractivity contribution in [1.82, 2.24) is 0 Å². The van der Waals surface area contributed by atoms with E-state index in [1.54, 1.807) is 0 Å². The number of para-hydroxylation sites is 2. The number of nitrogens with zero attached hydrogens (tertiary/aromatic N) is 1. The van der Waals surface area contributed by atoms with Crippen LogP contribution in [-0.4, -0.2) is 0 Å². The Morgan fingerprint density at radius 1 is 0.316 bits per heavy atom. The summed E-state index contributed by atoms with van der Waals surface area (Å²) in [6.07, 6.45) is 0. The van der Waals surface area contributed by atoms with Gasteiger partial charge in [-0.2, -0.15) is 0 Å². The molecule has 0 saturated carbocycles. The van der Waals surface area contributed by atoms with E-state index in [4.69, 9.17) is 8.83 Å². The van der Waals surface area contributed by atoms with Crippen molar-refractivity contribution in [3.8, 4) is 44.5 Å². The Morgan fingerprint density at radius 2 is 0.860 bits per heavy atom. The predicted molar refractivity (Wildman–Crippen MR) is 237 cm³/mol. The number of anilines is 3. The van der Waals surface area contributed by atoms with Gasteiger partial charge in [-0.25, -0.2) is 0 Å². The summed E-state index contributed by atoms with van der Waals surface area (Å²) in [5, 5.41) is 4.27. The first-order valence-corrected chi connectivity index (χ1v) is 19.3. The summed E-state index contributed by atoms with van der Waals surface area (Å²) < 4.78 is 13.3. The zero-order valence-corrected chi connectivity index (χ0v) is 31.0. The van der Waals surface area contributed by atoms with Gasteiger partial charge in [0.15, 0.2) is 0 Å². The Bertz CT molecular complexity index is 3200. The molecule has 11 rings (SSSR count). The SMILES string of the molecule is c1ccc(-c2ccc(N(c3ccc(-c4ccc5c(c4)oc4c(-c6ccccc6)c6c(cc45)oc4ccccc46)cc3)c3ccccc3-c3ccccc3)cc2)cc1. The molecule has 0 spiro atoms. The molecule has 0 unspecified atom stereocenters. The number of hydrogen-bond donors (Lipinski definition) is 0. The van der Waals surface area contributed by atoms with E-state index in [9.17, 15) is 0 Å². The van der Waals surface area contributed by atoms with Gasteiger partial charge in [-0.1, -0.05) is 158 Å². The standard InChI is InChI=1S/C54H35NO2/c1-4-14-36(15-5-1)37-24-29-42(30-25-37)55(48-22-12-10-20-44(48)39-16-6-2-7-17-39)43-31-26-38(27-32-43)41-28-33-45-47-35-51-53(46-21-11-13-23-49(46)56-51)52(40-18-8-3-9-19-40)54(47)57-50(45)34-41/h1-35H. The lowest BCUT2D eigenvalue weighted by molar-refractivity contribution is 0.664. The van der Waals surface area contributed by atoms with E-state index in [2.05, 4.69) is 199 Å². The number of hydrogen-bond acceptors (Lipinski definition) is 3. The van der Waals surface area contributed by atoms with Crippen LogP contribution in [0.5, 0.6) is 0 Å². The van der Waals surface area contributed by atoms with Crippen LogP contribution >= 0.6 is 0 Å². The summed E-state index contributed by atoms with van der Waals surface area (Å²) in [6, 6.07) is 75.0. The second-order valence-corrected chi connectivity index (χ2v) is 14.5. The summed E-state index contributed by atoms with van der Waals surface area (Å²) in [5.41, 5.74) is 15.8. The van der Waals surface area contributed by atoms with Crippen molar-refractivity contribution >= 4 is 60.9 Å². The Kier molecular flexibility index (Phi) is 7.82. The minimum atomic E-state index is 0.845. The maximum Gasteiger partial charge on any atom is 0.144 e. The molecule has 11 aromatic rings. The quantitative estimate of drug-likeness (QED) is 0.164. The fraction of sp³-hybridized carbons (Fsp3) is 0. The first-order valence-electron chi connectivity index (χ1n) is 19.3. The van der Waals surface area contributed by atoms with E-state index in [0.29, 0.717) is 0 Å². The highest BCUT2D eigenvalue weighted by Crippen LogP contribution is 2.46. The molecule has 57 heavy (non-hydrogen) atoms. The van der Waals surface area contributed by atoms with E-state index in [-0.39, 0.29) is 0 Å². The summed E-state index contributed by atoms with van der Waals surface area (Å²) in [5.74, 6) is 0. The smallest absolute Gasteiger partial charge is 0.144 e. The predicted octanol–water partition coefficient (Wildman–Crippen LogP) is 15.6. The topological polar surface area (TPSA) is 29.5 Å². The average molecular weight is 730 g/mol. The van der Waals surface area contributed by atoms with Gasteiger partial charge in [-0.05, 0) is 88.0 Å². The third kappa shape index (κ3) is 5.68. The molecular weight excluding hydrogens is 695 g/mol. The summed E-state index contributed by atoms with van der Waals surface area (Å²) in [6.45, 7) is 0. The second-order valence-electron chi connectivity index (χ2n) is 14.5. The van der Waals surface area contributed by atoms with Crippen LogP contribution < -0.4 is 4.90 Å². The monoisotopic (exact) mass is 729 g/mol. The van der Waals surface area contributed by atoms with E-state index in [1.165, 1.54) is 22.3 Å². The molecule has 2 heterocycles. The van der Waals surface area contributed by atoms with Crippen molar-refractivity contribution in [2.75, 3.05) is 4.90 Å². The fourth-order valence-electron chi connectivity index (χ4n) is 8.37. The minimum Gasteiger partial charge on any atom is -0.456 e. The van der Waals surface area contributed by atoms with Gasteiger partial charge < -0.3 is 13.7 Å². The zero-order chi connectivity index (χ0) is 37.7. The normalized spacial score (nSPS) is 11.5. The average Bonchev–Trinajstić information content (AvgIpc) is 3.85. The molecule has 0 amide bonds. The highest BCUT2D eigenvalue weighted by Gasteiger charge is 2.22. The number of furan rings is 2. The molecule has 0 saturated heterocycles. The Hall–Kier alpha value is -7.62. The molecule has 3 heteroatoms. The lowest BCUT2D eigenvalue weighted by atomic mass is 9.96. The fourth-order valence-corrected chi connectivity index (χ4v) is 8.37. The molecule has 0 fully saturated rings. The van der Waals surface area contributed by atoms with Crippen molar-refractivity contribution in [2.45, 2.75) is 0 Å². The number of benzene rings is 9. The van der Waals surface area contributed by atoms with Gasteiger partial charge in [0, 0.05) is 44.0 Å². The van der Waals surface area contributed by atoms with Gasteiger partial charge in [0.1, 0.15) is 22.3 Å². The molecular formula is C54H35NO2. The first-order chi connectivity index (χ1) is 28.3. The van der Waals surface area contributed by atoms with Gasteiger partial charge in [-0.3, -0.25) is 0 Å². The molecule has 268 valence electrons. The van der Waals surface area contributed by atoms with Crippen molar-refractivity contribution in [2.24, 2.45) is 0 Å². The van der Waals surface area contributed by atoms with E-state index < -0.39 is 0 Å². The Morgan fingerprint density at radius 3 is 1.56 bits per heavy atom. The van der Waals surface area contributed by atoms with Gasteiger partial charge in [0.2, 0.25) is 0 Å². The molecule has 0 aliphatic rings. The van der Waals surface area contributed by atoms with Crippen LogP contribution in [0.25, 0.3) is 88.4 Å². The second kappa shape index (κ2) is 13.6. The molecule has 0 radical (unpaired) electrons. The van der Waals surface area contributed by atoms with Crippen molar-refractivity contribution < 1.29 is 8.83 Å². The lowest BCUT2D eigenvalue weighted by Gasteiger charge is -2.28. The zero-order valence-electron chi connectivity index (χ0n) is 31.0. The summed E-state index contributed by atoms with van der Waals surface area (Å²) >= 11 is 0. The van der Waals surface area contributed by atoms with E-state index in [0.717, 1.165) is 83.2 Å². The molecule has 0 bridgehead atoms. The minimum absolute atomic E-state index is 0.845. The van der Waals surface area contributed by atoms with Crippen molar-refractivity contribution in [1.29, 1.82) is 0 Å².